The smallest absolute Gasteiger partial charge is 0.164 e. The topological polar surface area (TPSA) is 56.7 Å². The summed E-state index contributed by atoms with van der Waals surface area (Å²) in [5, 5.41) is 7.10. The van der Waals surface area contributed by atoms with Crippen LogP contribution in [0.25, 0.3) is 126 Å². The molecular weight excluding hydrogens is 789 g/mol. The maximum absolute atomic E-state index is 6.36. The number of fused-ring (bicyclic) bond motifs is 10. The first-order chi connectivity index (χ1) is 31.2. The molecule has 294 valence electrons. The molecule has 0 N–H and O–H groups in total. The van der Waals surface area contributed by atoms with E-state index in [0.29, 0.717) is 17.5 Å². The Kier molecular flexibility index (Phi) is 8.01. The van der Waals surface area contributed by atoms with Gasteiger partial charge in [0.25, 0.3) is 0 Å². The van der Waals surface area contributed by atoms with Crippen LogP contribution < -0.4 is 0 Å². The van der Waals surface area contributed by atoms with E-state index in [-0.39, 0.29) is 0 Å². The zero-order valence-corrected chi connectivity index (χ0v) is 34.6. The third kappa shape index (κ3) is 5.73. The van der Waals surface area contributed by atoms with E-state index in [2.05, 4.69) is 168 Å². The zero-order valence-electron chi connectivity index (χ0n) is 33.7. The largest absolute Gasteiger partial charge is 0.456 e. The highest BCUT2D eigenvalue weighted by Crippen LogP contribution is 2.47. The second-order valence-corrected chi connectivity index (χ2v) is 17.0. The standard InChI is InChI=1S/C57H34N4OS/c1-4-16-35(17-5-1)45-32-39(57-59-55(37-20-8-3-9-21-37)58-56(60-57)38-28-29-42-41-23-11-14-26-48(41)62-49(42)34-38)33-46(36-18-6-2-7-19-36)53(45)61-47-25-13-10-22-40(47)43-30-31-51-52(54(43)61)44-24-12-15-27-50(44)63-51/h1-34H. The summed E-state index contributed by atoms with van der Waals surface area (Å²) >= 11 is 1.85. The predicted octanol–water partition coefficient (Wildman–Crippen LogP) is 15.6. The molecule has 0 amide bonds. The Morgan fingerprint density at radius 3 is 1.62 bits per heavy atom. The molecule has 0 spiro atoms. The minimum atomic E-state index is 0.571. The lowest BCUT2D eigenvalue weighted by Crippen LogP contribution is -2.04. The molecule has 0 saturated carbocycles. The number of para-hydroxylation sites is 2. The van der Waals surface area contributed by atoms with Crippen molar-refractivity contribution in [3.8, 4) is 62.1 Å². The number of furan rings is 1. The van der Waals surface area contributed by atoms with E-state index in [0.717, 1.165) is 72.1 Å². The molecule has 13 rings (SSSR count). The summed E-state index contributed by atoms with van der Waals surface area (Å²) in [6, 6.07) is 72.8. The van der Waals surface area contributed by atoms with Crippen LogP contribution in [0, 0.1) is 0 Å². The lowest BCUT2D eigenvalue weighted by Gasteiger charge is -2.21. The Labute approximate surface area is 365 Å². The molecule has 9 aromatic carbocycles. The van der Waals surface area contributed by atoms with Crippen molar-refractivity contribution in [1.29, 1.82) is 0 Å². The van der Waals surface area contributed by atoms with Gasteiger partial charge in [0.2, 0.25) is 0 Å². The third-order valence-corrected chi connectivity index (χ3v) is 13.4. The van der Waals surface area contributed by atoms with E-state index in [4.69, 9.17) is 19.4 Å². The average molecular weight is 823 g/mol. The van der Waals surface area contributed by atoms with Crippen LogP contribution in [0.3, 0.4) is 0 Å². The summed E-state index contributed by atoms with van der Waals surface area (Å²) < 4.78 is 11.4. The summed E-state index contributed by atoms with van der Waals surface area (Å²) in [7, 11) is 0. The number of thiophene rings is 1. The first-order valence-electron chi connectivity index (χ1n) is 21.1. The SMILES string of the molecule is c1ccc(-c2nc(-c3cc(-c4ccccc4)c(-n4c5ccccc5c5ccc6sc7ccccc7c6c54)c(-c4ccccc4)c3)nc(-c3ccc4c(c3)oc3ccccc34)n2)cc1. The maximum Gasteiger partial charge on any atom is 0.164 e. The summed E-state index contributed by atoms with van der Waals surface area (Å²) in [5.41, 5.74) is 12.0. The van der Waals surface area contributed by atoms with Crippen molar-refractivity contribution >= 4 is 75.3 Å². The Hall–Kier alpha value is -8.19. The van der Waals surface area contributed by atoms with Gasteiger partial charge in [0.1, 0.15) is 11.2 Å². The van der Waals surface area contributed by atoms with Crippen LogP contribution in [-0.4, -0.2) is 19.5 Å². The van der Waals surface area contributed by atoms with E-state index < -0.39 is 0 Å². The highest BCUT2D eigenvalue weighted by molar-refractivity contribution is 7.26. The first-order valence-corrected chi connectivity index (χ1v) is 21.9. The van der Waals surface area contributed by atoms with Crippen molar-refractivity contribution in [2.45, 2.75) is 0 Å². The molecule has 0 atom stereocenters. The summed E-state index contributed by atoms with van der Waals surface area (Å²) in [6.45, 7) is 0. The molecule has 5 nitrogen and oxygen atoms in total. The predicted molar refractivity (Wildman–Crippen MR) is 262 cm³/mol. The van der Waals surface area contributed by atoms with Gasteiger partial charge in [-0.3, -0.25) is 0 Å². The van der Waals surface area contributed by atoms with Gasteiger partial charge in [-0.25, -0.2) is 15.0 Å². The van der Waals surface area contributed by atoms with Gasteiger partial charge >= 0.3 is 0 Å². The average Bonchev–Trinajstić information content (AvgIpc) is 4.03. The molecule has 4 aromatic heterocycles. The van der Waals surface area contributed by atoms with E-state index in [1.807, 2.05) is 53.8 Å². The molecule has 4 heterocycles. The van der Waals surface area contributed by atoms with Gasteiger partial charge in [-0.05, 0) is 59.7 Å². The molecule has 0 aliphatic rings. The third-order valence-electron chi connectivity index (χ3n) is 12.2. The monoisotopic (exact) mass is 822 g/mol. The summed E-state index contributed by atoms with van der Waals surface area (Å²) in [4.78, 5) is 15.7. The fourth-order valence-corrected chi connectivity index (χ4v) is 10.5. The minimum absolute atomic E-state index is 0.571. The van der Waals surface area contributed by atoms with Gasteiger partial charge in [-0.2, -0.15) is 0 Å². The molecule has 0 radical (unpaired) electrons. The van der Waals surface area contributed by atoms with Gasteiger partial charge in [0.05, 0.1) is 16.7 Å². The quantitative estimate of drug-likeness (QED) is 0.168. The molecule has 0 aliphatic heterocycles. The highest BCUT2D eigenvalue weighted by Gasteiger charge is 2.25. The lowest BCUT2D eigenvalue weighted by molar-refractivity contribution is 0.669. The van der Waals surface area contributed by atoms with Crippen molar-refractivity contribution < 1.29 is 4.42 Å². The van der Waals surface area contributed by atoms with Gasteiger partial charge in [-0.1, -0.05) is 158 Å². The molecule has 6 heteroatoms. The molecule has 0 unspecified atom stereocenters. The first kappa shape index (κ1) is 35.6. The van der Waals surface area contributed by atoms with Crippen LogP contribution in [0.15, 0.2) is 211 Å². The van der Waals surface area contributed by atoms with E-state index in [9.17, 15) is 0 Å². The number of benzene rings is 9. The van der Waals surface area contributed by atoms with Crippen LogP contribution >= 0.6 is 11.3 Å². The van der Waals surface area contributed by atoms with Gasteiger partial charge in [0.15, 0.2) is 17.5 Å². The number of rotatable bonds is 6. The fourth-order valence-electron chi connectivity index (χ4n) is 9.39. The van der Waals surface area contributed by atoms with Crippen LogP contribution in [0.5, 0.6) is 0 Å². The van der Waals surface area contributed by atoms with E-state index in [1.165, 1.54) is 36.5 Å². The van der Waals surface area contributed by atoms with Crippen molar-refractivity contribution in [3.63, 3.8) is 0 Å². The number of aromatic nitrogens is 4. The lowest BCUT2D eigenvalue weighted by atomic mass is 9.92. The minimum Gasteiger partial charge on any atom is -0.456 e. The normalized spacial score (nSPS) is 11.8. The van der Waals surface area contributed by atoms with Gasteiger partial charge < -0.3 is 8.98 Å². The fraction of sp³-hybridized carbons (Fsp3) is 0. The molecule has 63 heavy (non-hydrogen) atoms. The Morgan fingerprint density at radius 1 is 0.365 bits per heavy atom. The van der Waals surface area contributed by atoms with Gasteiger partial charge in [0, 0.05) is 69.5 Å². The van der Waals surface area contributed by atoms with Crippen LogP contribution in [-0.2, 0) is 0 Å². The van der Waals surface area contributed by atoms with Gasteiger partial charge in [-0.15, -0.1) is 11.3 Å². The van der Waals surface area contributed by atoms with E-state index in [1.54, 1.807) is 0 Å². The molecule has 0 bridgehead atoms. The summed E-state index contributed by atoms with van der Waals surface area (Å²) in [5.74, 6) is 1.75. The van der Waals surface area contributed by atoms with Crippen molar-refractivity contribution in [2.24, 2.45) is 0 Å². The summed E-state index contributed by atoms with van der Waals surface area (Å²) in [6.07, 6.45) is 0. The number of nitrogens with zero attached hydrogens (tertiary/aromatic N) is 4. The van der Waals surface area contributed by atoms with Crippen LogP contribution in [0.4, 0.5) is 0 Å². The van der Waals surface area contributed by atoms with Crippen molar-refractivity contribution in [2.75, 3.05) is 0 Å². The maximum atomic E-state index is 6.36. The van der Waals surface area contributed by atoms with Crippen molar-refractivity contribution in [1.82, 2.24) is 19.5 Å². The number of hydrogen-bond donors (Lipinski definition) is 0. The molecular formula is C57H34N4OS. The second-order valence-electron chi connectivity index (χ2n) is 15.9. The molecule has 0 aliphatic carbocycles. The zero-order chi connectivity index (χ0) is 41.4. The Bertz CT molecular complexity index is 3850. The van der Waals surface area contributed by atoms with Crippen LogP contribution in [0.2, 0.25) is 0 Å². The molecule has 0 fully saturated rings. The number of hydrogen-bond acceptors (Lipinski definition) is 5. The Balaban J connectivity index is 1.14. The van der Waals surface area contributed by atoms with E-state index >= 15 is 0 Å². The molecule has 0 saturated heterocycles. The highest BCUT2D eigenvalue weighted by atomic mass is 32.1. The molecule has 13 aromatic rings. The second kappa shape index (κ2) is 14.2. The Morgan fingerprint density at radius 2 is 0.905 bits per heavy atom. The van der Waals surface area contributed by atoms with Crippen LogP contribution in [0.1, 0.15) is 0 Å². The van der Waals surface area contributed by atoms with Crippen molar-refractivity contribution in [3.05, 3.63) is 206 Å².